The molecule has 1 N–H and O–H groups in total. The smallest absolute Gasteiger partial charge is 0.328 e. The number of aliphatic carboxylic acids is 1. The zero-order valence-corrected chi connectivity index (χ0v) is 19.3. The Morgan fingerprint density at radius 2 is 0.931 bits per heavy atom. The number of rotatable bonds is 22. The van der Waals surface area contributed by atoms with Gasteiger partial charge in [0, 0.05) is 6.08 Å². The number of unbranched alkanes of at least 4 members (excludes halogenated alkanes) is 18. The summed E-state index contributed by atoms with van der Waals surface area (Å²) in [7, 11) is 0. The Hall–Kier alpha value is -1.31. The Labute approximate surface area is 181 Å². The van der Waals surface area contributed by atoms with Gasteiger partial charge in [0.05, 0.1) is 0 Å². The molecule has 0 aromatic heterocycles. The van der Waals surface area contributed by atoms with Crippen molar-refractivity contribution in [2.45, 2.75) is 129 Å². The minimum atomic E-state index is -0.905. The van der Waals surface area contributed by atoms with E-state index in [2.05, 4.69) is 13.0 Å². The van der Waals surface area contributed by atoms with Gasteiger partial charge in [0.1, 0.15) is 0 Å². The minimum absolute atomic E-state index is 0.905. The molecule has 0 amide bonds. The summed E-state index contributed by atoms with van der Waals surface area (Å²) >= 11 is 0. The first-order valence-corrected chi connectivity index (χ1v) is 12.5. The molecule has 0 aliphatic heterocycles. The number of carboxylic acids is 1. The van der Waals surface area contributed by atoms with E-state index in [0.29, 0.717) is 0 Å². The number of allylic oxidation sites excluding steroid dienone is 5. The standard InChI is InChI=1S/C27H48O2/c1-2-3-4-5-6-7-8-9-10-11-12-13-14-15-16-17-18-19-20-21-22-23-24-25-26-27(28)29/h21-26H,2-20H2,1H3,(H,28,29). The van der Waals surface area contributed by atoms with Crippen LogP contribution < -0.4 is 0 Å². The van der Waals surface area contributed by atoms with Crippen molar-refractivity contribution in [2.24, 2.45) is 0 Å². The Balaban J connectivity index is 3.14. The molecule has 0 aliphatic carbocycles. The van der Waals surface area contributed by atoms with Crippen LogP contribution in [-0.4, -0.2) is 11.1 Å². The summed E-state index contributed by atoms with van der Waals surface area (Å²) in [5.74, 6) is -0.905. The predicted octanol–water partition coefficient (Wildman–Crippen LogP) is 9.17. The highest BCUT2D eigenvalue weighted by atomic mass is 16.4. The molecule has 0 saturated carbocycles. The number of carboxylic acid groups (broad SMARTS) is 1. The first-order chi connectivity index (χ1) is 14.3. The Morgan fingerprint density at radius 3 is 1.34 bits per heavy atom. The molecule has 0 rings (SSSR count). The normalized spacial score (nSPS) is 12.0. The van der Waals surface area contributed by atoms with Crippen LogP contribution in [0, 0.1) is 0 Å². The van der Waals surface area contributed by atoms with Gasteiger partial charge in [0.2, 0.25) is 0 Å². The first-order valence-electron chi connectivity index (χ1n) is 12.5. The van der Waals surface area contributed by atoms with Crippen LogP contribution in [-0.2, 0) is 4.79 Å². The molecule has 2 heteroatoms. The topological polar surface area (TPSA) is 37.3 Å². The van der Waals surface area contributed by atoms with E-state index in [-0.39, 0.29) is 0 Å². The molecule has 0 spiro atoms. The Bertz CT molecular complexity index is 420. The van der Waals surface area contributed by atoms with Gasteiger partial charge in [0.25, 0.3) is 0 Å². The highest BCUT2D eigenvalue weighted by Gasteiger charge is 1.94. The van der Waals surface area contributed by atoms with Crippen LogP contribution in [0.25, 0.3) is 0 Å². The number of carbonyl (C=O) groups is 1. The molecule has 0 bridgehead atoms. The maximum atomic E-state index is 10.3. The maximum Gasteiger partial charge on any atom is 0.328 e. The van der Waals surface area contributed by atoms with Crippen molar-refractivity contribution in [3.8, 4) is 0 Å². The van der Waals surface area contributed by atoms with Crippen molar-refractivity contribution in [3.63, 3.8) is 0 Å². The van der Waals surface area contributed by atoms with Gasteiger partial charge in [-0.3, -0.25) is 0 Å². The summed E-state index contributed by atoms with van der Waals surface area (Å²) in [5.41, 5.74) is 0. The third-order valence-electron chi connectivity index (χ3n) is 5.43. The maximum absolute atomic E-state index is 10.3. The van der Waals surface area contributed by atoms with Gasteiger partial charge in [0.15, 0.2) is 0 Å². The third kappa shape index (κ3) is 26.7. The van der Waals surface area contributed by atoms with Gasteiger partial charge in [-0.05, 0) is 12.8 Å². The fourth-order valence-electron chi connectivity index (χ4n) is 3.60. The van der Waals surface area contributed by atoms with Gasteiger partial charge >= 0.3 is 5.97 Å². The highest BCUT2D eigenvalue weighted by Crippen LogP contribution is 2.14. The summed E-state index contributed by atoms with van der Waals surface area (Å²) in [5, 5.41) is 8.45. The molecule has 0 fully saturated rings. The molecule has 29 heavy (non-hydrogen) atoms. The second-order valence-electron chi connectivity index (χ2n) is 8.31. The lowest BCUT2D eigenvalue weighted by molar-refractivity contribution is -0.131. The first kappa shape index (κ1) is 27.7. The molecular formula is C27H48O2. The monoisotopic (exact) mass is 404 g/mol. The van der Waals surface area contributed by atoms with E-state index in [1.165, 1.54) is 116 Å². The van der Waals surface area contributed by atoms with E-state index in [1.807, 2.05) is 12.2 Å². The molecule has 0 heterocycles. The molecule has 0 aromatic carbocycles. The van der Waals surface area contributed by atoms with Gasteiger partial charge < -0.3 is 5.11 Å². The highest BCUT2D eigenvalue weighted by molar-refractivity contribution is 5.80. The summed E-state index contributed by atoms with van der Waals surface area (Å²) in [6, 6.07) is 0. The van der Waals surface area contributed by atoms with Crippen molar-refractivity contribution in [2.75, 3.05) is 0 Å². The van der Waals surface area contributed by atoms with Crippen LogP contribution in [0.4, 0.5) is 0 Å². The van der Waals surface area contributed by atoms with Crippen molar-refractivity contribution in [3.05, 3.63) is 36.5 Å². The van der Waals surface area contributed by atoms with Crippen LogP contribution in [0.5, 0.6) is 0 Å². The second-order valence-corrected chi connectivity index (χ2v) is 8.31. The molecular weight excluding hydrogens is 356 g/mol. The fraction of sp³-hybridized carbons (Fsp3) is 0.741. The predicted molar refractivity (Wildman–Crippen MR) is 128 cm³/mol. The molecule has 0 aliphatic rings. The second kappa shape index (κ2) is 24.7. The van der Waals surface area contributed by atoms with Crippen molar-refractivity contribution in [1.29, 1.82) is 0 Å². The van der Waals surface area contributed by atoms with Crippen LogP contribution >= 0.6 is 0 Å². The molecule has 0 saturated heterocycles. The van der Waals surface area contributed by atoms with Gasteiger partial charge in [-0.25, -0.2) is 4.79 Å². The quantitative estimate of drug-likeness (QED) is 0.111. The molecule has 0 radical (unpaired) electrons. The van der Waals surface area contributed by atoms with Gasteiger partial charge in [-0.1, -0.05) is 146 Å². The van der Waals surface area contributed by atoms with Gasteiger partial charge in [-0.2, -0.15) is 0 Å². The minimum Gasteiger partial charge on any atom is -0.478 e. The van der Waals surface area contributed by atoms with Crippen LogP contribution in [0.2, 0.25) is 0 Å². The van der Waals surface area contributed by atoms with Gasteiger partial charge in [-0.15, -0.1) is 0 Å². The summed E-state index contributed by atoms with van der Waals surface area (Å²) < 4.78 is 0. The van der Waals surface area contributed by atoms with Crippen LogP contribution in [0.15, 0.2) is 36.5 Å². The number of hydrogen-bond acceptors (Lipinski definition) is 1. The molecule has 0 aromatic rings. The summed E-state index contributed by atoms with van der Waals surface area (Å²) in [4.78, 5) is 10.3. The van der Waals surface area contributed by atoms with Crippen LogP contribution in [0.1, 0.15) is 129 Å². The van der Waals surface area contributed by atoms with E-state index in [0.717, 1.165) is 12.5 Å². The fourth-order valence-corrected chi connectivity index (χ4v) is 3.60. The Morgan fingerprint density at radius 1 is 0.552 bits per heavy atom. The van der Waals surface area contributed by atoms with Crippen LogP contribution in [0.3, 0.4) is 0 Å². The molecule has 2 nitrogen and oxygen atoms in total. The lowest BCUT2D eigenvalue weighted by atomic mass is 10.0. The van der Waals surface area contributed by atoms with Crippen molar-refractivity contribution >= 4 is 5.97 Å². The average molecular weight is 405 g/mol. The molecule has 0 atom stereocenters. The third-order valence-corrected chi connectivity index (χ3v) is 5.43. The van der Waals surface area contributed by atoms with Crippen molar-refractivity contribution in [1.82, 2.24) is 0 Å². The largest absolute Gasteiger partial charge is 0.478 e. The summed E-state index contributed by atoms with van der Waals surface area (Å²) in [6.45, 7) is 2.29. The lowest BCUT2D eigenvalue weighted by Crippen LogP contribution is -1.84. The van der Waals surface area contributed by atoms with E-state index in [9.17, 15) is 4.79 Å². The zero-order valence-electron chi connectivity index (χ0n) is 19.3. The zero-order chi connectivity index (χ0) is 21.3. The van der Waals surface area contributed by atoms with E-state index in [4.69, 9.17) is 5.11 Å². The SMILES string of the molecule is CCCCCCCCCCCCCCCCCCCCC=CC=CC=CC(=O)O. The lowest BCUT2D eigenvalue weighted by Gasteiger charge is -2.03. The van der Waals surface area contributed by atoms with E-state index in [1.54, 1.807) is 12.2 Å². The average Bonchev–Trinajstić information content (AvgIpc) is 2.71. The molecule has 0 unspecified atom stereocenters. The summed E-state index contributed by atoms with van der Waals surface area (Å²) in [6.07, 6.45) is 37.0. The van der Waals surface area contributed by atoms with E-state index >= 15 is 0 Å². The van der Waals surface area contributed by atoms with E-state index < -0.39 is 5.97 Å². The Kier molecular flexibility index (Phi) is 23.6. The van der Waals surface area contributed by atoms with Crippen molar-refractivity contribution < 1.29 is 9.90 Å². The molecule has 168 valence electrons. The number of hydrogen-bond donors (Lipinski definition) is 1.